The molecular weight excluding hydrogens is 396 g/mol. The van der Waals surface area contributed by atoms with Crippen LogP contribution in [0.2, 0.25) is 0 Å². The van der Waals surface area contributed by atoms with E-state index in [0.29, 0.717) is 36.0 Å². The molecule has 1 amide bonds. The average Bonchev–Trinajstić information content (AvgIpc) is 3.51. The quantitative estimate of drug-likeness (QED) is 0.518. The van der Waals surface area contributed by atoms with Crippen molar-refractivity contribution in [2.24, 2.45) is 0 Å². The van der Waals surface area contributed by atoms with Crippen molar-refractivity contribution in [1.29, 1.82) is 0 Å². The molecular formula is C22H20N6O3. The van der Waals surface area contributed by atoms with Crippen molar-refractivity contribution >= 4 is 5.91 Å². The van der Waals surface area contributed by atoms with Crippen LogP contribution in [-0.4, -0.2) is 44.1 Å². The predicted octanol–water partition coefficient (Wildman–Crippen LogP) is 2.92. The fourth-order valence-electron chi connectivity index (χ4n) is 3.49. The van der Waals surface area contributed by atoms with E-state index in [0.717, 1.165) is 16.8 Å². The zero-order valence-electron chi connectivity index (χ0n) is 16.8. The fraction of sp³-hybridized carbons (Fsp3) is 0.182. The molecule has 2 N–H and O–H groups in total. The van der Waals surface area contributed by atoms with Crippen LogP contribution in [0.1, 0.15) is 28.9 Å². The molecule has 9 nitrogen and oxygen atoms in total. The molecule has 156 valence electrons. The van der Waals surface area contributed by atoms with Crippen LogP contribution >= 0.6 is 0 Å². The van der Waals surface area contributed by atoms with Crippen molar-refractivity contribution < 1.29 is 14.3 Å². The Morgan fingerprint density at radius 3 is 2.71 bits per heavy atom. The Morgan fingerprint density at radius 2 is 1.94 bits per heavy atom. The molecule has 0 saturated carbocycles. The summed E-state index contributed by atoms with van der Waals surface area (Å²) in [5, 5.41) is 14.2. The largest absolute Gasteiger partial charge is 0.486 e. The molecule has 2 aromatic heterocycles. The number of carbonyl (C=O) groups excluding carboxylic acids is 1. The molecule has 1 atom stereocenters. The highest BCUT2D eigenvalue weighted by Gasteiger charge is 2.20. The van der Waals surface area contributed by atoms with Gasteiger partial charge in [0.2, 0.25) is 0 Å². The van der Waals surface area contributed by atoms with Gasteiger partial charge in [0.1, 0.15) is 25.9 Å². The van der Waals surface area contributed by atoms with Gasteiger partial charge in [-0.2, -0.15) is 10.2 Å². The number of aromatic amines is 1. The Hall–Kier alpha value is -4.14. The molecule has 1 aliphatic rings. The summed E-state index contributed by atoms with van der Waals surface area (Å²) in [6, 6.07) is 13.2. The van der Waals surface area contributed by atoms with E-state index in [1.165, 1.54) is 12.5 Å². The predicted molar refractivity (Wildman–Crippen MR) is 112 cm³/mol. The summed E-state index contributed by atoms with van der Waals surface area (Å²) < 4.78 is 12.9. The first-order valence-corrected chi connectivity index (χ1v) is 9.88. The average molecular weight is 416 g/mol. The minimum Gasteiger partial charge on any atom is -0.486 e. The zero-order valence-corrected chi connectivity index (χ0v) is 16.8. The van der Waals surface area contributed by atoms with Gasteiger partial charge in [-0.05, 0) is 42.8 Å². The first kappa shape index (κ1) is 18.9. The molecule has 1 aliphatic heterocycles. The Labute approximate surface area is 178 Å². The lowest BCUT2D eigenvalue weighted by Gasteiger charge is -2.19. The van der Waals surface area contributed by atoms with Crippen LogP contribution in [0.25, 0.3) is 16.9 Å². The maximum atomic E-state index is 13.0. The van der Waals surface area contributed by atoms with Gasteiger partial charge in [0.15, 0.2) is 11.5 Å². The third-order valence-electron chi connectivity index (χ3n) is 5.14. The summed E-state index contributed by atoms with van der Waals surface area (Å²) in [7, 11) is 0. The summed E-state index contributed by atoms with van der Waals surface area (Å²) in [5.41, 5.74) is 3.76. The van der Waals surface area contributed by atoms with E-state index in [1.807, 2.05) is 49.4 Å². The standard InChI is InChI=1S/C22H20N6O3/c1-14(15-2-5-17(6-3-15)28-13-23-12-25-28)26-22(29)18-11-24-27-21(18)16-4-7-19-20(10-16)31-9-8-30-19/h2-7,10-14H,8-9H2,1H3,(H,24,27)(H,26,29). The van der Waals surface area contributed by atoms with Crippen molar-refractivity contribution in [3.05, 3.63) is 72.4 Å². The van der Waals surface area contributed by atoms with Crippen molar-refractivity contribution in [1.82, 2.24) is 30.3 Å². The number of H-pyrrole nitrogens is 1. The van der Waals surface area contributed by atoms with Gasteiger partial charge >= 0.3 is 0 Å². The van der Waals surface area contributed by atoms with E-state index >= 15 is 0 Å². The fourth-order valence-corrected chi connectivity index (χ4v) is 3.49. The SMILES string of the molecule is CC(NC(=O)c1cn[nH]c1-c1ccc2c(c1)OCCO2)c1ccc(-n2cncn2)cc1. The lowest BCUT2D eigenvalue weighted by Crippen LogP contribution is -2.26. The van der Waals surface area contributed by atoms with Crippen molar-refractivity contribution in [3.63, 3.8) is 0 Å². The van der Waals surface area contributed by atoms with Crippen LogP contribution in [-0.2, 0) is 0 Å². The van der Waals surface area contributed by atoms with Crippen LogP contribution in [0.15, 0.2) is 61.3 Å². The molecule has 3 heterocycles. The number of hydrogen-bond donors (Lipinski definition) is 2. The minimum atomic E-state index is -0.216. The molecule has 5 rings (SSSR count). The first-order valence-electron chi connectivity index (χ1n) is 9.88. The summed E-state index contributed by atoms with van der Waals surface area (Å²) in [4.78, 5) is 16.9. The summed E-state index contributed by atoms with van der Waals surface area (Å²) in [6.07, 6.45) is 4.65. The van der Waals surface area contributed by atoms with E-state index in [2.05, 4.69) is 25.6 Å². The van der Waals surface area contributed by atoms with Crippen molar-refractivity contribution in [2.75, 3.05) is 13.2 Å². The highest BCUT2D eigenvalue weighted by atomic mass is 16.6. The van der Waals surface area contributed by atoms with Crippen LogP contribution in [0.3, 0.4) is 0 Å². The number of aromatic nitrogens is 5. The lowest BCUT2D eigenvalue weighted by atomic mass is 10.0. The van der Waals surface area contributed by atoms with E-state index in [4.69, 9.17) is 9.47 Å². The second kappa shape index (κ2) is 7.94. The number of amides is 1. The Morgan fingerprint density at radius 1 is 1.13 bits per heavy atom. The van der Waals surface area contributed by atoms with Crippen molar-refractivity contribution in [3.8, 4) is 28.4 Å². The van der Waals surface area contributed by atoms with E-state index in [-0.39, 0.29) is 11.9 Å². The summed E-state index contributed by atoms with van der Waals surface area (Å²) in [6.45, 7) is 2.97. The molecule has 0 spiro atoms. The molecule has 0 bridgehead atoms. The number of rotatable bonds is 5. The van der Waals surface area contributed by atoms with E-state index in [9.17, 15) is 4.79 Å². The number of benzene rings is 2. The molecule has 2 aromatic carbocycles. The Balaban J connectivity index is 1.33. The minimum absolute atomic E-state index is 0.194. The Kier molecular flexibility index (Phi) is 4.83. The maximum Gasteiger partial charge on any atom is 0.255 e. The smallest absolute Gasteiger partial charge is 0.255 e. The monoisotopic (exact) mass is 416 g/mol. The summed E-state index contributed by atoms with van der Waals surface area (Å²) >= 11 is 0. The number of ether oxygens (including phenoxy) is 2. The second-order valence-electron chi connectivity index (χ2n) is 7.14. The van der Waals surface area contributed by atoms with Gasteiger partial charge in [0, 0.05) is 5.56 Å². The molecule has 0 fully saturated rings. The summed E-state index contributed by atoms with van der Waals surface area (Å²) in [5.74, 6) is 1.14. The molecule has 4 aromatic rings. The topological polar surface area (TPSA) is 107 Å². The van der Waals surface area contributed by atoms with Crippen LogP contribution in [0.4, 0.5) is 0 Å². The molecule has 0 radical (unpaired) electrons. The van der Waals surface area contributed by atoms with Crippen LogP contribution in [0.5, 0.6) is 11.5 Å². The van der Waals surface area contributed by atoms with Gasteiger partial charge < -0.3 is 14.8 Å². The number of nitrogens with one attached hydrogen (secondary N) is 2. The van der Waals surface area contributed by atoms with E-state index < -0.39 is 0 Å². The van der Waals surface area contributed by atoms with Gasteiger partial charge in [-0.15, -0.1) is 0 Å². The highest BCUT2D eigenvalue weighted by Crippen LogP contribution is 2.35. The molecule has 1 unspecified atom stereocenters. The van der Waals surface area contributed by atoms with Gasteiger partial charge in [0.25, 0.3) is 5.91 Å². The van der Waals surface area contributed by atoms with Crippen LogP contribution < -0.4 is 14.8 Å². The second-order valence-corrected chi connectivity index (χ2v) is 7.14. The maximum absolute atomic E-state index is 13.0. The number of carbonyl (C=O) groups is 1. The van der Waals surface area contributed by atoms with Crippen molar-refractivity contribution in [2.45, 2.75) is 13.0 Å². The molecule has 0 aliphatic carbocycles. The Bertz CT molecular complexity index is 1200. The molecule has 31 heavy (non-hydrogen) atoms. The van der Waals surface area contributed by atoms with Gasteiger partial charge in [-0.1, -0.05) is 12.1 Å². The third kappa shape index (κ3) is 3.73. The zero-order chi connectivity index (χ0) is 21.2. The van der Waals surface area contributed by atoms with Crippen LogP contribution in [0, 0.1) is 0 Å². The number of fused-ring (bicyclic) bond motifs is 1. The van der Waals surface area contributed by atoms with Gasteiger partial charge in [-0.25, -0.2) is 9.67 Å². The molecule has 9 heteroatoms. The number of nitrogens with zero attached hydrogens (tertiary/aromatic N) is 4. The van der Waals surface area contributed by atoms with E-state index in [1.54, 1.807) is 11.0 Å². The normalized spacial score (nSPS) is 13.6. The highest BCUT2D eigenvalue weighted by molar-refractivity contribution is 6.00. The number of hydrogen-bond acceptors (Lipinski definition) is 6. The van der Waals surface area contributed by atoms with Gasteiger partial charge in [0.05, 0.1) is 29.2 Å². The molecule has 0 saturated heterocycles. The lowest BCUT2D eigenvalue weighted by molar-refractivity contribution is 0.0940. The van der Waals surface area contributed by atoms with Gasteiger partial charge in [-0.3, -0.25) is 9.89 Å². The third-order valence-corrected chi connectivity index (χ3v) is 5.14. The first-order chi connectivity index (χ1) is 15.2.